The van der Waals surface area contributed by atoms with E-state index in [4.69, 9.17) is 0 Å². The van der Waals surface area contributed by atoms with E-state index in [0.717, 1.165) is 4.90 Å². The van der Waals surface area contributed by atoms with Crippen LogP contribution >= 0.6 is 11.3 Å². The van der Waals surface area contributed by atoms with Crippen molar-refractivity contribution in [1.82, 2.24) is 0 Å². The molecule has 5 heteroatoms. The van der Waals surface area contributed by atoms with Crippen molar-refractivity contribution in [3.8, 4) is 0 Å². The lowest BCUT2D eigenvalue weighted by Crippen LogP contribution is -2.30. The van der Waals surface area contributed by atoms with E-state index in [9.17, 15) is 14.4 Å². The molecule has 1 aromatic carbocycles. The SMILES string of the molecule is CC(=O)c1sccc1N1C(=O)c2ccccc2C1=O. The Morgan fingerprint density at radius 3 is 2.16 bits per heavy atom. The predicted molar refractivity (Wildman–Crippen MR) is 71.9 cm³/mol. The Kier molecular flexibility index (Phi) is 2.57. The molecule has 2 heterocycles. The molecule has 0 radical (unpaired) electrons. The van der Waals surface area contributed by atoms with E-state index in [1.807, 2.05) is 0 Å². The van der Waals surface area contributed by atoms with Gasteiger partial charge in [0.15, 0.2) is 5.78 Å². The Morgan fingerprint density at radius 2 is 1.63 bits per heavy atom. The normalized spacial score (nSPS) is 13.8. The van der Waals surface area contributed by atoms with Gasteiger partial charge in [-0.25, -0.2) is 4.90 Å². The van der Waals surface area contributed by atoms with Crippen molar-refractivity contribution in [2.24, 2.45) is 0 Å². The summed E-state index contributed by atoms with van der Waals surface area (Å²) in [7, 11) is 0. The maximum atomic E-state index is 12.3. The van der Waals surface area contributed by atoms with E-state index in [1.165, 1.54) is 18.3 Å². The number of imide groups is 1. The molecule has 0 saturated carbocycles. The second-order valence-corrected chi connectivity index (χ2v) is 5.10. The molecule has 4 nitrogen and oxygen atoms in total. The van der Waals surface area contributed by atoms with Gasteiger partial charge in [-0.3, -0.25) is 14.4 Å². The molecule has 0 unspecified atom stereocenters. The van der Waals surface area contributed by atoms with E-state index in [0.29, 0.717) is 21.7 Å². The molecule has 2 amide bonds. The van der Waals surface area contributed by atoms with E-state index < -0.39 is 0 Å². The Morgan fingerprint density at radius 1 is 1.05 bits per heavy atom. The third-order valence-corrected chi connectivity index (χ3v) is 4.00. The van der Waals surface area contributed by atoms with Crippen LogP contribution in [0.25, 0.3) is 0 Å². The lowest BCUT2D eigenvalue weighted by atomic mass is 10.1. The number of carbonyl (C=O) groups is 3. The highest BCUT2D eigenvalue weighted by atomic mass is 32.1. The minimum atomic E-state index is -0.374. The minimum Gasteiger partial charge on any atom is -0.294 e. The first kappa shape index (κ1) is 11.8. The molecular formula is C14H9NO3S. The zero-order chi connectivity index (χ0) is 13.6. The lowest BCUT2D eigenvalue weighted by Gasteiger charge is -2.13. The molecule has 94 valence electrons. The molecule has 1 aliphatic heterocycles. The predicted octanol–water partition coefficient (Wildman–Crippen LogP) is 2.75. The molecule has 19 heavy (non-hydrogen) atoms. The van der Waals surface area contributed by atoms with Gasteiger partial charge < -0.3 is 0 Å². The molecule has 2 aromatic rings. The van der Waals surface area contributed by atoms with Crippen LogP contribution in [0.5, 0.6) is 0 Å². The van der Waals surface area contributed by atoms with Crippen molar-refractivity contribution < 1.29 is 14.4 Å². The van der Waals surface area contributed by atoms with Gasteiger partial charge in [0.2, 0.25) is 0 Å². The Bertz CT molecular complexity index is 682. The van der Waals surface area contributed by atoms with Crippen molar-refractivity contribution >= 4 is 34.6 Å². The number of benzene rings is 1. The molecule has 0 N–H and O–H groups in total. The van der Waals surface area contributed by atoms with Crippen molar-refractivity contribution in [1.29, 1.82) is 0 Å². The van der Waals surface area contributed by atoms with Crippen LogP contribution in [0.2, 0.25) is 0 Å². The van der Waals surface area contributed by atoms with Crippen molar-refractivity contribution in [3.63, 3.8) is 0 Å². The number of Topliss-reactive ketones (excluding diaryl/α,β-unsaturated/α-hetero) is 1. The van der Waals surface area contributed by atoms with Gasteiger partial charge in [-0.15, -0.1) is 11.3 Å². The van der Waals surface area contributed by atoms with Crippen LogP contribution < -0.4 is 4.90 Å². The highest BCUT2D eigenvalue weighted by Gasteiger charge is 2.38. The van der Waals surface area contributed by atoms with Gasteiger partial charge in [0.05, 0.1) is 21.7 Å². The molecule has 0 aliphatic carbocycles. The summed E-state index contributed by atoms with van der Waals surface area (Å²) < 4.78 is 0. The summed E-state index contributed by atoms with van der Waals surface area (Å²) in [6.45, 7) is 1.42. The van der Waals surface area contributed by atoms with E-state index in [-0.39, 0.29) is 17.6 Å². The van der Waals surface area contributed by atoms with Gasteiger partial charge in [-0.05, 0) is 23.6 Å². The number of carbonyl (C=O) groups excluding carboxylic acids is 3. The smallest absolute Gasteiger partial charge is 0.266 e. The zero-order valence-corrected chi connectivity index (χ0v) is 10.9. The Hall–Kier alpha value is -2.27. The number of nitrogens with zero attached hydrogens (tertiary/aromatic N) is 1. The van der Waals surface area contributed by atoms with Gasteiger partial charge in [0.1, 0.15) is 0 Å². The average Bonchev–Trinajstić information content (AvgIpc) is 2.95. The maximum Gasteiger partial charge on any atom is 0.266 e. The molecule has 1 aromatic heterocycles. The first-order chi connectivity index (χ1) is 9.11. The molecule has 3 rings (SSSR count). The quantitative estimate of drug-likeness (QED) is 0.623. The highest BCUT2D eigenvalue weighted by molar-refractivity contribution is 7.12. The van der Waals surface area contributed by atoms with Gasteiger partial charge in [-0.2, -0.15) is 0 Å². The number of anilines is 1. The summed E-state index contributed by atoms with van der Waals surface area (Å²) in [5.41, 5.74) is 1.14. The second kappa shape index (κ2) is 4.13. The van der Waals surface area contributed by atoms with Crippen molar-refractivity contribution in [2.75, 3.05) is 4.90 Å². The molecule has 0 bridgehead atoms. The fourth-order valence-electron chi connectivity index (χ4n) is 2.15. The number of thiophene rings is 1. The largest absolute Gasteiger partial charge is 0.294 e. The van der Waals surface area contributed by atoms with Crippen LogP contribution in [0, 0.1) is 0 Å². The highest BCUT2D eigenvalue weighted by Crippen LogP contribution is 2.33. The summed E-state index contributed by atoms with van der Waals surface area (Å²) in [5, 5.41) is 1.70. The molecule has 1 aliphatic rings. The number of rotatable bonds is 2. The van der Waals surface area contributed by atoms with Crippen LogP contribution in [-0.2, 0) is 0 Å². The molecule has 0 spiro atoms. The lowest BCUT2D eigenvalue weighted by molar-refractivity contribution is 0.0926. The van der Waals surface area contributed by atoms with Gasteiger partial charge in [-0.1, -0.05) is 12.1 Å². The fraction of sp³-hybridized carbons (Fsp3) is 0.0714. The first-order valence-corrected chi connectivity index (χ1v) is 6.55. The summed E-state index contributed by atoms with van der Waals surface area (Å²) >= 11 is 1.23. The average molecular weight is 271 g/mol. The van der Waals surface area contributed by atoms with Gasteiger partial charge in [0, 0.05) is 6.92 Å². The maximum absolute atomic E-state index is 12.3. The number of fused-ring (bicyclic) bond motifs is 1. The molecule has 0 atom stereocenters. The third kappa shape index (κ3) is 1.62. The fourth-order valence-corrected chi connectivity index (χ4v) is 2.93. The number of amides is 2. The number of hydrogen-bond donors (Lipinski definition) is 0. The first-order valence-electron chi connectivity index (χ1n) is 5.67. The standard InChI is InChI=1S/C14H9NO3S/c1-8(16)12-11(6-7-19-12)15-13(17)9-4-2-3-5-10(9)14(15)18/h2-7H,1H3. The number of ketones is 1. The van der Waals surface area contributed by atoms with Crippen molar-refractivity contribution in [3.05, 3.63) is 51.7 Å². The second-order valence-electron chi connectivity index (χ2n) is 4.18. The van der Waals surface area contributed by atoms with E-state index in [1.54, 1.807) is 35.7 Å². The van der Waals surface area contributed by atoms with Gasteiger partial charge in [0.25, 0.3) is 11.8 Å². The minimum absolute atomic E-state index is 0.151. The van der Waals surface area contributed by atoms with Crippen LogP contribution in [0.15, 0.2) is 35.7 Å². The summed E-state index contributed by atoms with van der Waals surface area (Å²) in [5.74, 6) is -0.899. The Labute approximate surface area is 113 Å². The van der Waals surface area contributed by atoms with E-state index in [2.05, 4.69) is 0 Å². The summed E-state index contributed by atoms with van der Waals surface area (Å²) in [6.07, 6.45) is 0. The monoisotopic (exact) mass is 271 g/mol. The van der Waals surface area contributed by atoms with Crippen LogP contribution in [0.4, 0.5) is 5.69 Å². The Balaban J connectivity index is 2.14. The molecule has 0 saturated heterocycles. The molecular weight excluding hydrogens is 262 g/mol. The van der Waals surface area contributed by atoms with Crippen LogP contribution in [0.1, 0.15) is 37.3 Å². The van der Waals surface area contributed by atoms with E-state index >= 15 is 0 Å². The summed E-state index contributed by atoms with van der Waals surface area (Å²) in [4.78, 5) is 37.6. The van der Waals surface area contributed by atoms with Crippen LogP contribution in [-0.4, -0.2) is 17.6 Å². The third-order valence-electron chi connectivity index (χ3n) is 3.00. The topological polar surface area (TPSA) is 54.5 Å². The summed E-state index contributed by atoms with van der Waals surface area (Å²) in [6, 6.07) is 8.30. The molecule has 0 fully saturated rings. The van der Waals surface area contributed by atoms with Crippen LogP contribution in [0.3, 0.4) is 0 Å². The van der Waals surface area contributed by atoms with Crippen molar-refractivity contribution in [2.45, 2.75) is 6.92 Å². The zero-order valence-electron chi connectivity index (χ0n) is 10.0. The van der Waals surface area contributed by atoms with Gasteiger partial charge >= 0.3 is 0 Å². The number of hydrogen-bond acceptors (Lipinski definition) is 4.